The summed E-state index contributed by atoms with van der Waals surface area (Å²) < 4.78 is 0. The smallest absolute Gasteiger partial charge is 0.293 e. The van der Waals surface area contributed by atoms with Crippen molar-refractivity contribution >= 4 is 46.3 Å². The van der Waals surface area contributed by atoms with Crippen LogP contribution in [0.5, 0.6) is 0 Å². The topological polar surface area (TPSA) is 40.6 Å². The molecule has 174 valence electrons. The Morgan fingerprint density at radius 3 is 2.58 bits per heavy atom. The van der Waals surface area contributed by atoms with E-state index in [2.05, 4.69) is 58.6 Å². The molecular weight excluding hydrogens is 452 g/mol. The Kier molecular flexibility index (Phi) is 6.41. The molecule has 0 aromatic heterocycles. The quantitative estimate of drug-likeness (QED) is 0.426. The van der Waals surface area contributed by atoms with Crippen LogP contribution in [-0.4, -0.2) is 27.6 Å². The van der Waals surface area contributed by atoms with E-state index in [1.165, 1.54) is 16.2 Å². The van der Waals surface area contributed by atoms with Gasteiger partial charge in [0.15, 0.2) is 0 Å². The average molecular weight is 483 g/mol. The summed E-state index contributed by atoms with van der Waals surface area (Å²) in [6.45, 7) is 13.6. The Balaban J connectivity index is 1.68. The van der Waals surface area contributed by atoms with Crippen LogP contribution in [0.4, 0.5) is 10.5 Å². The molecule has 2 amide bonds. The van der Waals surface area contributed by atoms with Gasteiger partial charge < -0.3 is 4.90 Å². The number of benzene rings is 2. The third-order valence-electron chi connectivity index (χ3n) is 6.63. The lowest BCUT2D eigenvalue weighted by molar-refractivity contribution is -0.123. The highest BCUT2D eigenvalue weighted by Gasteiger charge is 2.39. The Labute approximate surface area is 206 Å². The Morgan fingerprint density at radius 2 is 1.91 bits per heavy atom. The van der Waals surface area contributed by atoms with Crippen molar-refractivity contribution in [3.63, 3.8) is 0 Å². The maximum Gasteiger partial charge on any atom is 0.293 e. The van der Waals surface area contributed by atoms with Crippen molar-refractivity contribution in [3.8, 4) is 0 Å². The van der Waals surface area contributed by atoms with Gasteiger partial charge >= 0.3 is 0 Å². The normalized spacial score (nSPS) is 21.3. The van der Waals surface area contributed by atoms with E-state index < -0.39 is 0 Å². The van der Waals surface area contributed by atoms with Crippen LogP contribution in [0.2, 0.25) is 5.02 Å². The second kappa shape index (κ2) is 8.84. The molecule has 1 atom stereocenters. The minimum absolute atomic E-state index is 0.0793. The van der Waals surface area contributed by atoms with Crippen LogP contribution in [0.25, 0.3) is 6.08 Å². The molecule has 0 saturated carbocycles. The number of anilines is 1. The Morgan fingerprint density at radius 1 is 1.21 bits per heavy atom. The van der Waals surface area contributed by atoms with Crippen LogP contribution in [0, 0.1) is 6.92 Å². The number of imide groups is 1. The van der Waals surface area contributed by atoms with Gasteiger partial charge in [-0.3, -0.25) is 14.5 Å². The molecule has 0 spiro atoms. The van der Waals surface area contributed by atoms with Crippen molar-refractivity contribution < 1.29 is 9.59 Å². The monoisotopic (exact) mass is 482 g/mol. The molecule has 0 unspecified atom stereocenters. The fourth-order valence-corrected chi connectivity index (χ4v) is 6.35. The van der Waals surface area contributed by atoms with Gasteiger partial charge in [0.25, 0.3) is 11.1 Å². The lowest BCUT2D eigenvalue weighted by Crippen LogP contribution is -2.51. The number of thioether (sulfide) groups is 1. The Bertz CT molecular complexity index is 1150. The largest absolute Gasteiger partial charge is 0.364 e. The van der Waals surface area contributed by atoms with Crippen molar-refractivity contribution in [2.75, 3.05) is 4.90 Å². The number of halogens is 1. The van der Waals surface area contributed by atoms with Gasteiger partial charge in [0, 0.05) is 22.3 Å². The van der Waals surface area contributed by atoms with E-state index in [0.717, 1.165) is 34.9 Å². The number of rotatable bonds is 4. The summed E-state index contributed by atoms with van der Waals surface area (Å²) >= 11 is 7.24. The molecule has 2 aromatic carbocycles. The third-order valence-corrected chi connectivity index (χ3v) is 7.90. The van der Waals surface area contributed by atoms with E-state index in [1.807, 2.05) is 24.3 Å². The first-order valence-corrected chi connectivity index (χ1v) is 12.6. The van der Waals surface area contributed by atoms with Gasteiger partial charge in [-0.2, -0.15) is 0 Å². The summed E-state index contributed by atoms with van der Waals surface area (Å²) in [4.78, 5) is 30.0. The molecule has 4 nitrogen and oxygen atoms in total. The first-order chi connectivity index (χ1) is 15.5. The number of nitrogens with zero attached hydrogens (tertiary/aromatic N) is 2. The number of hydrogen-bond acceptors (Lipinski definition) is 4. The molecule has 6 heteroatoms. The highest BCUT2D eigenvalue weighted by Crippen LogP contribution is 2.46. The third kappa shape index (κ3) is 4.45. The molecule has 0 aliphatic carbocycles. The van der Waals surface area contributed by atoms with Crippen LogP contribution in [-0.2, 0) is 11.3 Å². The number of amides is 2. The standard InChI is InChI=1S/C27H31ClN2O2S/c1-16(2)30-23-11-17(3)20(12-21(23)18(4)14-27(30,5)6)13-24-25(31)29(26(32)33-24)15-19-9-7-8-10-22(19)28/h7-13,16,18H,14-15H2,1-6H3/b24-13-/t18-/m0/s1. The molecule has 2 aliphatic heterocycles. The van der Waals surface area contributed by atoms with Gasteiger partial charge in [-0.1, -0.05) is 36.7 Å². The van der Waals surface area contributed by atoms with E-state index in [-0.39, 0.29) is 23.2 Å². The molecule has 0 bridgehead atoms. The van der Waals surface area contributed by atoms with Gasteiger partial charge in [0.2, 0.25) is 0 Å². The lowest BCUT2D eigenvalue weighted by Gasteiger charge is -2.50. The molecule has 0 N–H and O–H groups in total. The number of hydrogen-bond donors (Lipinski definition) is 0. The zero-order valence-electron chi connectivity index (χ0n) is 20.1. The second-order valence-corrected chi connectivity index (χ2v) is 11.4. The zero-order valence-corrected chi connectivity index (χ0v) is 21.7. The van der Waals surface area contributed by atoms with Crippen LogP contribution >= 0.6 is 23.4 Å². The minimum atomic E-state index is -0.264. The maximum atomic E-state index is 13.1. The predicted molar refractivity (Wildman–Crippen MR) is 139 cm³/mol. The highest BCUT2D eigenvalue weighted by atomic mass is 35.5. The molecule has 2 aromatic rings. The van der Waals surface area contributed by atoms with E-state index in [0.29, 0.717) is 21.9 Å². The number of carbonyl (C=O) groups is 2. The predicted octanol–water partition coefficient (Wildman–Crippen LogP) is 7.39. The van der Waals surface area contributed by atoms with Crippen LogP contribution in [0.3, 0.4) is 0 Å². The Hall–Kier alpha value is -2.24. The summed E-state index contributed by atoms with van der Waals surface area (Å²) in [7, 11) is 0. The minimum Gasteiger partial charge on any atom is -0.364 e. The SMILES string of the molecule is Cc1cc2c(cc1/C=C1\SC(=O)N(Cc3ccccc3Cl)C1=O)[C@@H](C)CC(C)(C)N2C(C)C. The fourth-order valence-electron chi connectivity index (χ4n) is 5.32. The van der Waals surface area contributed by atoms with Gasteiger partial charge in [0.05, 0.1) is 11.4 Å². The molecular formula is C27H31ClN2O2S. The zero-order chi connectivity index (χ0) is 24.1. The molecule has 0 radical (unpaired) electrons. The van der Waals surface area contributed by atoms with Crippen molar-refractivity contribution in [2.45, 2.75) is 72.0 Å². The molecule has 33 heavy (non-hydrogen) atoms. The lowest BCUT2D eigenvalue weighted by atomic mass is 9.78. The first kappa shape index (κ1) is 23.9. The number of aryl methyl sites for hydroxylation is 1. The second-order valence-electron chi connectivity index (χ2n) is 10.0. The molecule has 4 rings (SSSR count). The summed E-state index contributed by atoms with van der Waals surface area (Å²) in [6.07, 6.45) is 2.94. The van der Waals surface area contributed by atoms with E-state index >= 15 is 0 Å². The number of carbonyl (C=O) groups excluding carboxylic acids is 2. The van der Waals surface area contributed by atoms with Crippen molar-refractivity contribution in [3.05, 3.63) is 68.6 Å². The van der Waals surface area contributed by atoms with Gasteiger partial charge in [-0.15, -0.1) is 0 Å². The fraction of sp³-hybridized carbons (Fsp3) is 0.407. The summed E-state index contributed by atoms with van der Waals surface area (Å²) in [5.74, 6) is 0.146. The van der Waals surface area contributed by atoms with E-state index in [1.54, 1.807) is 6.07 Å². The van der Waals surface area contributed by atoms with Crippen LogP contribution in [0.15, 0.2) is 41.3 Å². The summed E-state index contributed by atoms with van der Waals surface area (Å²) in [5, 5.41) is 0.292. The van der Waals surface area contributed by atoms with E-state index in [9.17, 15) is 9.59 Å². The van der Waals surface area contributed by atoms with Crippen LogP contribution < -0.4 is 4.90 Å². The summed E-state index contributed by atoms with van der Waals surface area (Å²) in [5.41, 5.74) is 5.51. The first-order valence-electron chi connectivity index (χ1n) is 11.4. The van der Waals surface area contributed by atoms with Crippen molar-refractivity contribution in [1.82, 2.24) is 4.90 Å². The number of fused-ring (bicyclic) bond motifs is 1. The molecule has 1 saturated heterocycles. The van der Waals surface area contributed by atoms with Crippen molar-refractivity contribution in [1.29, 1.82) is 0 Å². The van der Waals surface area contributed by atoms with Crippen molar-refractivity contribution in [2.24, 2.45) is 0 Å². The highest BCUT2D eigenvalue weighted by molar-refractivity contribution is 8.18. The van der Waals surface area contributed by atoms with E-state index in [4.69, 9.17) is 11.6 Å². The maximum absolute atomic E-state index is 13.1. The molecule has 2 heterocycles. The van der Waals surface area contributed by atoms with Gasteiger partial charge in [-0.05, 0) is 105 Å². The van der Waals surface area contributed by atoms with Crippen LogP contribution in [0.1, 0.15) is 69.2 Å². The molecule has 2 aliphatic rings. The molecule has 1 fully saturated rings. The van der Waals surface area contributed by atoms with Gasteiger partial charge in [-0.25, -0.2) is 0 Å². The average Bonchev–Trinajstić information content (AvgIpc) is 2.97. The summed E-state index contributed by atoms with van der Waals surface area (Å²) in [6, 6.07) is 12.1. The van der Waals surface area contributed by atoms with Gasteiger partial charge in [0.1, 0.15) is 0 Å².